The summed E-state index contributed by atoms with van der Waals surface area (Å²) in [6.07, 6.45) is -0.750. The quantitative estimate of drug-likeness (QED) is 0.732. The van der Waals surface area contributed by atoms with Crippen LogP contribution in [-0.4, -0.2) is 19.3 Å². The summed E-state index contributed by atoms with van der Waals surface area (Å²) >= 11 is 0. The molecule has 0 amide bonds. The number of ether oxygens (including phenoxy) is 1. The number of aryl methyl sites for hydroxylation is 1. The van der Waals surface area contributed by atoms with Gasteiger partial charge in [0.25, 0.3) is 0 Å². The molecule has 2 aromatic carbocycles. The van der Waals surface area contributed by atoms with Crippen molar-refractivity contribution in [3.05, 3.63) is 53.6 Å². The van der Waals surface area contributed by atoms with Crippen molar-refractivity contribution in [2.75, 3.05) is 24.8 Å². The van der Waals surface area contributed by atoms with Crippen molar-refractivity contribution in [3.63, 3.8) is 0 Å². The van der Waals surface area contributed by atoms with E-state index >= 15 is 0 Å². The number of aliphatic hydroxyl groups excluding tert-OH is 1. The van der Waals surface area contributed by atoms with Crippen LogP contribution in [0, 0.1) is 6.92 Å². The number of hydrogen-bond donors (Lipinski definition) is 3. The molecule has 0 bridgehead atoms. The van der Waals surface area contributed by atoms with Crippen molar-refractivity contribution in [1.82, 2.24) is 0 Å². The van der Waals surface area contributed by atoms with Gasteiger partial charge in [-0.05, 0) is 18.6 Å². The fourth-order valence-corrected chi connectivity index (χ4v) is 2.07. The van der Waals surface area contributed by atoms with Gasteiger partial charge in [-0.15, -0.1) is 0 Å². The van der Waals surface area contributed by atoms with Crippen LogP contribution in [0.25, 0.3) is 0 Å². The van der Waals surface area contributed by atoms with Gasteiger partial charge in [-0.2, -0.15) is 0 Å². The molecule has 4 heteroatoms. The topological polar surface area (TPSA) is 53.5 Å². The molecule has 0 saturated carbocycles. The average Bonchev–Trinajstić information content (AvgIpc) is 2.49. The third-order valence-electron chi connectivity index (χ3n) is 3.22. The standard InChI is InChI=1S/C16H20N2O2/c1-11-9-14(17-2)15(20-3)10-13(11)18-16(19)12-7-5-4-6-8-12/h4-10,16-19H,1-3H3. The van der Waals surface area contributed by atoms with Crippen molar-refractivity contribution in [2.24, 2.45) is 0 Å². The van der Waals surface area contributed by atoms with Crippen LogP contribution in [0.1, 0.15) is 17.4 Å². The molecule has 2 aromatic rings. The number of rotatable bonds is 5. The van der Waals surface area contributed by atoms with Gasteiger partial charge in [-0.25, -0.2) is 0 Å². The molecule has 0 spiro atoms. The predicted molar refractivity (Wildman–Crippen MR) is 82.3 cm³/mol. The minimum Gasteiger partial charge on any atom is -0.495 e. The molecule has 0 heterocycles. The van der Waals surface area contributed by atoms with E-state index in [0.29, 0.717) is 0 Å². The maximum absolute atomic E-state index is 10.2. The highest BCUT2D eigenvalue weighted by atomic mass is 16.5. The zero-order valence-corrected chi connectivity index (χ0v) is 12.0. The molecular formula is C16H20N2O2. The summed E-state index contributed by atoms with van der Waals surface area (Å²) in [6.45, 7) is 1.99. The highest BCUT2D eigenvalue weighted by Crippen LogP contribution is 2.32. The van der Waals surface area contributed by atoms with E-state index in [1.807, 2.05) is 56.4 Å². The summed E-state index contributed by atoms with van der Waals surface area (Å²) in [7, 11) is 3.48. The van der Waals surface area contributed by atoms with Gasteiger partial charge in [0.15, 0.2) is 6.23 Å². The maximum Gasteiger partial charge on any atom is 0.150 e. The van der Waals surface area contributed by atoms with Gasteiger partial charge in [-0.3, -0.25) is 0 Å². The summed E-state index contributed by atoms with van der Waals surface area (Å²) < 4.78 is 5.34. The van der Waals surface area contributed by atoms with Crippen LogP contribution in [0.3, 0.4) is 0 Å². The van der Waals surface area contributed by atoms with E-state index in [4.69, 9.17) is 4.74 Å². The molecule has 3 N–H and O–H groups in total. The Morgan fingerprint density at radius 2 is 1.80 bits per heavy atom. The Bertz CT molecular complexity index is 570. The molecule has 1 atom stereocenters. The van der Waals surface area contributed by atoms with Crippen molar-refractivity contribution >= 4 is 11.4 Å². The number of aliphatic hydroxyl groups is 1. The van der Waals surface area contributed by atoms with Gasteiger partial charge in [0.05, 0.1) is 12.8 Å². The lowest BCUT2D eigenvalue weighted by atomic mass is 10.1. The number of benzene rings is 2. The molecule has 20 heavy (non-hydrogen) atoms. The number of methoxy groups -OCH3 is 1. The highest BCUT2D eigenvalue weighted by Gasteiger charge is 2.11. The molecule has 4 nitrogen and oxygen atoms in total. The molecule has 0 aliphatic rings. The van der Waals surface area contributed by atoms with Crippen LogP contribution in [0.2, 0.25) is 0 Å². The Morgan fingerprint density at radius 1 is 1.10 bits per heavy atom. The Hall–Kier alpha value is -2.20. The summed E-state index contributed by atoms with van der Waals surface area (Å²) in [6, 6.07) is 13.4. The molecule has 0 radical (unpaired) electrons. The third kappa shape index (κ3) is 3.03. The fourth-order valence-electron chi connectivity index (χ4n) is 2.07. The van der Waals surface area contributed by atoms with Crippen LogP contribution in [0.5, 0.6) is 5.75 Å². The monoisotopic (exact) mass is 272 g/mol. The molecular weight excluding hydrogens is 252 g/mol. The second-order valence-corrected chi connectivity index (χ2v) is 4.57. The van der Waals surface area contributed by atoms with Crippen LogP contribution >= 0.6 is 0 Å². The average molecular weight is 272 g/mol. The Balaban J connectivity index is 2.25. The van der Waals surface area contributed by atoms with E-state index in [2.05, 4.69) is 10.6 Å². The maximum atomic E-state index is 10.2. The summed E-state index contributed by atoms with van der Waals surface area (Å²) in [5.74, 6) is 0.737. The molecule has 0 aliphatic carbocycles. The lowest BCUT2D eigenvalue weighted by Crippen LogP contribution is -2.11. The van der Waals surface area contributed by atoms with Crippen LogP contribution in [-0.2, 0) is 0 Å². The molecule has 106 valence electrons. The van der Waals surface area contributed by atoms with Gasteiger partial charge < -0.3 is 20.5 Å². The normalized spacial score (nSPS) is 11.8. The SMILES string of the molecule is CNc1cc(C)c(NC(O)c2ccccc2)cc1OC. The lowest BCUT2D eigenvalue weighted by Gasteiger charge is -2.18. The molecule has 0 saturated heterocycles. The summed E-state index contributed by atoms with van der Waals surface area (Å²) in [4.78, 5) is 0. The number of hydrogen-bond acceptors (Lipinski definition) is 4. The number of nitrogens with one attached hydrogen (secondary N) is 2. The fraction of sp³-hybridized carbons (Fsp3) is 0.250. The minimum absolute atomic E-state index is 0.737. The smallest absolute Gasteiger partial charge is 0.150 e. The van der Waals surface area contributed by atoms with E-state index in [1.165, 1.54) is 0 Å². The van der Waals surface area contributed by atoms with Crippen LogP contribution in [0.15, 0.2) is 42.5 Å². The lowest BCUT2D eigenvalue weighted by molar-refractivity contribution is 0.208. The summed E-state index contributed by atoms with van der Waals surface area (Å²) in [5, 5.41) is 16.4. The molecule has 2 rings (SSSR count). The van der Waals surface area contributed by atoms with E-state index in [-0.39, 0.29) is 0 Å². The Labute approximate surface area is 119 Å². The highest BCUT2D eigenvalue weighted by molar-refractivity contribution is 5.67. The van der Waals surface area contributed by atoms with Crippen molar-refractivity contribution in [2.45, 2.75) is 13.2 Å². The van der Waals surface area contributed by atoms with Gasteiger partial charge in [0.1, 0.15) is 5.75 Å². The van der Waals surface area contributed by atoms with E-state index < -0.39 is 6.23 Å². The molecule has 0 aromatic heterocycles. The molecule has 1 unspecified atom stereocenters. The van der Waals surface area contributed by atoms with Crippen LogP contribution < -0.4 is 15.4 Å². The van der Waals surface area contributed by atoms with Gasteiger partial charge in [-0.1, -0.05) is 30.3 Å². The van der Waals surface area contributed by atoms with Crippen molar-refractivity contribution in [3.8, 4) is 5.75 Å². The van der Waals surface area contributed by atoms with Crippen molar-refractivity contribution < 1.29 is 9.84 Å². The Morgan fingerprint density at radius 3 is 2.40 bits per heavy atom. The van der Waals surface area contributed by atoms with E-state index in [9.17, 15) is 5.11 Å². The van der Waals surface area contributed by atoms with Gasteiger partial charge >= 0.3 is 0 Å². The first-order chi connectivity index (χ1) is 9.65. The van der Waals surface area contributed by atoms with E-state index in [1.54, 1.807) is 7.11 Å². The van der Waals surface area contributed by atoms with Gasteiger partial charge in [0.2, 0.25) is 0 Å². The predicted octanol–water partition coefficient (Wildman–Crippen LogP) is 3.15. The second kappa shape index (κ2) is 6.30. The largest absolute Gasteiger partial charge is 0.495 e. The first-order valence-electron chi connectivity index (χ1n) is 6.51. The zero-order chi connectivity index (χ0) is 14.5. The molecule has 0 fully saturated rings. The Kier molecular flexibility index (Phi) is 4.48. The molecule has 0 aliphatic heterocycles. The van der Waals surface area contributed by atoms with E-state index in [0.717, 1.165) is 28.3 Å². The zero-order valence-electron chi connectivity index (χ0n) is 12.0. The summed E-state index contributed by atoms with van der Waals surface area (Å²) in [5.41, 5.74) is 3.62. The first-order valence-corrected chi connectivity index (χ1v) is 6.51. The third-order valence-corrected chi connectivity index (χ3v) is 3.22. The second-order valence-electron chi connectivity index (χ2n) is 4.57. The number of anilines is 2. The first kappa shape index (κ1) is 14.2. The minimum atomic E-state index is -0.750. The van der Waals surface area contributed by atoms with Crippen LogP contribution in [0.4, 0.5) is 11.4 Å². The van der Waals surface area contributed by atoms with Crippen molar-refractivity contribution in [1.29, 1.82) is 0 Å². The van der Waals surface area contributed by atoms with Gasteiger partial charge in [0, 0.05) is 24.4 Å².